The van der Waals surface area contributed by atoms with Crippen LogP contribution in [0.25, 0.3) is 0 Å². The molecule has 0 unspecified atom stereocenters. The molecule has 4 saturated heterocycles. The van der Waals surface area contributed by atoms with Crippen LogP contribution in [0.5, 0.6) is 0 Å². The van der Waals surface area contributed by atoms with Gasteiger partial charge in [-0.25, -0.2) is 4.79 Å². The number of ether oxygens (including phenoxy) is 8. The molecule has 446 valence electrons. The van der Waals surface area contributed by atoms with Gasteiger partial charge in [-0.2, -0.15) is 0 Å². The molecule has 0 radical (unpaired) electrons. The van der Waals surface area contributed by atoms with Crippen molar-refractivity contribution in [3.8, 4) is 0 Å². The van der Waals surface area contributed by atoms with Gasteiger partial charge in [0.05, 0.1) is 31.3 Å². The lowest BCUT2D eigenvalue weighted by Crippen LogP contribution is -2.68. The van der Waals surface area contributed by atoms with Crippen LogP contribution in [0.4, 0.5) is 0 Å². The van der Waals surface area contributed by atoms with Crippen molar-refractivity contribution in [3.63, 3.8) is 0 Å². The second-order valence-corrected chi connectivity index (χ2v) is 26.3. The van der Waals surface area contributed by atoms with E-state index in [-0.39, 0.29) is 39.4 Å². The van der Waals surface area contributed by atoms with Crippen molar-refractivity contribution in [1.82, 2.24) is 0 Å². The number of aliphatic hydroxyl groups is 13. The molecule has 9 aliphatic rings. The number of rotatable bonds is 12. The Hall–Kier alpha value is -2.12. The topological polar surface area (TPSA) is 391 Å². The van der Waals surface area contributed by atoms with E-state index in [9.17, 15) is 81.1 Å². The van der Waals surface area contributed by atoms with Gasteiger partial charge < -0.3 is 109 Å². The lowest BCUT2D eigenvalue weighted by molar-refractivity contribution is -0.396. The molecule has 4 heterocycles. The van der Waals surface area contributed by atoms with E-state index in [1.807, 2.05) is 0 Å². The van der Waals surface area contributed by atoms with E-state index in [1.54, 1.807) is 0 Å². The SMILES string of the molecule is CC1(C)CC[C@]2(C(=O)O[C@@H]3O[C@H](CO)[C@@H](O)[C@H](O)[C@H]3O)CC[C@]3(C)C(=CC[C@@H]4[C@@]5(C)CC[C@H](O[C@@H]6O[C@H](C(=O)O)[C@@H](O)[C@H](O[C@@H]7O[C@H](CO)[C@H](O)[C@H](O)[C@H]7O)[C@H]6O[C@@H]6O[C@H](CO)[C@@H](O)[C@H](O)[C@H]6O)C(C)(C)[C@@H]5CC[C@]43C)[C@H]2C1. The summed E-state index contributed by atoms with van der Waals surface area (Å²) in [6.07, 6.45) is -28.0. The molecule has 0 aromatic carbocycles. The molecule has 0 aromatic rings. The number of allylic oxidation sites excluding steroid dienone is 2. The Morgan fingerprint density at radius 1 is 0.551 bits per heavy atom. The summed E-state index contributed by atoms with van der Waals surface area (Å²) in [4.78, 5) is 27.7. The standard InChI is InChI=1S/C54H86O24/c1-49(2)14-16-54(48(70)78-46-38(66)35(63)32(60)26(21-57)73-46)17-15-52(6)22(23(54)18-49)8-9-28-51(5)12-11-29(50(3,4)27(51)10-13-53(28,52)7)74-47-42(77-45-37(65)34(62)31(59)25(20-56)72-45)40(39(67)41(76-47)43(68)69)75-44-36(64)33(61)30(58)24(19-55)71-44/h8,23-42,44-47,55-67H,9-21H2,1-7H3,(H,68,69)/t23-,24-,25-,26-,27+,28-,29+,30+,31-,32-,33+,34+,35+,36-,37-,38-,39+,40+,41+,42-,44+,45+,46+,47-,51+,52-,53-,54+/m1/s1. The minimum absolute atomic E-state index is 0.0272. The molecule has 8 fully saturated rings. The molecule has 5 aliphatic carbocycles. The summed E-state index contributed by atoms with van der Waals surface area (Å²) in [5.74, 6) is -2.33. The van der Waals surface area contributed by atoms with Crippen LogP contribution in [-0.4, -0.2) is 232 Å². The average molecular weight is 1120 g/mol. The molecular formula is C54H86O24. The average Bonchev–Trinajstić information content (AvgIpc) is 3.56. The molecule has 4 aliphatic heterocycles. The van der Waals surface area contributed by atoms with Gasteiger partial charge >= 0.3 is 11.9 Å². The van der Waals surface area contributed by atoms with Gasteiger partial charge in [-0.3, -0.25) is 4.79 Å². The quantitative estimate of drug-likeness (QED) is 0.0574. The zero-order valence-electron chi connectivity index (χ0n) is 45.5. The lowest BCUT2D eigenvalue weighted by Gasteiger charge is -2.71. The van der Waals surface area contributed by atoms with Crippen LogP contribution in [0.3, 0.4) is 0 Å². The van der Waals surface area contributed by atoms with Crippen molar-refractivity contribution in [3.05, 3.63) is 11.6 Å². The number of carbonyl (C=O) groups is 2. The van der Waals surface area contributed by atoms with Crippen LogP contribution in [0.2, 0.25) is 0 Å². The zero-order chi connectivity index (χ0) is 57.1. The predicted molar refractivity (Wildman–Crippen MR) is 263 cm³/mol. The third-order valence-corrected chi connectivity index (χ3v) is 21.4. The Kier molecular flexibility index (Phi) is 16.9. The largest absolute Gasteiger partial charge is 0.479 e. The Morgan fingerprint density at radius 3 is 1.60 bits per heavy atom. The summed E-state index contributed by atoms with van der Waals surface area (Å²) in [5, 5.41) is 149. The van der Waals surface area contributed by atoms with E-state index >= 15 is 0 Å². The van der Waals surface area contributed by atoms with Gasteiger partial charge in [0.2, 0.25) is 6.29 Å². The van der Waals surface area contributed by atoms with Crippen molar-refractivity contribution >= 4 is 11.9 Å². The maximum atomic E-state index is 14.8. The Balaban J connectivity index is 1.00. The smallest absolute Gasteiger partial charge is 0.335 e. The highest BCUT2D eigenvalue weighted by molar-refractivity contribution is 5.79. The predicted octanol–water partition coefficient (Wildman–Crippen LogP) is -1.94. The van der Waals surface area contributed by atoms with E-state index in [0.717, 1.165) is 19.3 Å². The summed E-state index contributed by atoms with van der Waals surface area (Å²) in [6.45, 7) is 13.2. The molecule has 24 nitrogen and oxygen atoms in total. The number of aliphatic carboxylic acids is 1. The monoisotopic (exact) mass is 1120 g/mol. The first-order valence-corrected chi connectivity index (χ1v) is 27.8. The molecule has 78 heavy (non-hydrogen) atoms. The summed E-state index contributed by atoms with van der Waals surface area (Å²) >= 11 is 0. The van der Waals surface area contributed by atoms with Crippen molar-refractivity contribution in [1.29, 1.82) is 0 Å². The Bertz CT molecular complexity index is 2190. The molecule has 28 atom stereocenters. The van der Waals surface area contributed by atoms with Crippen LogP contribution in [0.15, 0.2) is 11.6 Å². The fraction of sp³-hybridized carbons (Fsp3) is 0.926. The number of hydrogen-bond acceptors (Lipinski definition) is 23. The molecule has 24 heteroatoms. The fourth-order valence-electron chi connectivity index (χ4n) is 16.5. The van der Waals surface area contributed by atoms with E-state index in [1.165, 1.54) is 5.57 Å². The highest BCUT2D eigenvalue weighted by atomic mass is 16.8. The second kappa shape index (κ2) is 21.8. The molecule has 9 rings (SSSR count). The van der Waals surface area contributed by atoms with Crippen LogP contribution >= 0.6 is 0 Å². The number of hydrogen-bond donors (Lipinski definition) is 14. The molecule has 14 N–H and O–H groups in total. The summed E-state index contributed by atoms with van der Waals surface area (Å²) in [6, 6.07) is 0. The van der Waals surface area contributed by atoms with Crippen molar-refractivity contribution < 1.29 is 119 Å². The molecule has 0 aromatic heterocycles. The van der Waals surface area contributed by atoms with Gasteiger partial charge in [0.25, 0.3) is 0 Å². The third kappa shape index (κ3) is 9.72. The van der Waals surface area contributed by atoms with Gasteiger partial charge in [-0.15, -0.1) is 0 Å². The number of carboxylic acids is 1. The maximum absolute atomic E-state index is 14.8. The van der Waals surface area contributed by atoms with Gasteiger partial charge in [-0.05, 0) is 109 Å². The number of aliphatic hydroxyl groups excluding tert-OH is 13. The Labute approximate surface area is 453 Å². The summed E-state index contributed by atoms with van der Waals surface area (Å²) in [7, 11) is 0. The first-order chi connectivity index (χ1) is 36.5. The number of esters is 1. The third-order valence-electron chi connectivity index (χ3n) is 21.4. The first-order valence-electron chi connectivity index (χ1n) is 27.8. The maximum Gasteiger partial charge on any atom is 0.335 e. The normalized spacial score (nSPS) is 52.8. The highest BCUT2D eigenvalue weighted by Crippen LogP contribution is 2.76. The number of carbonyl (C=O) groups excluding carboxylic acids is 1. The van der Waals surface area contributed by atoms with Gasteiger partial charge in [-0.1, -0.05) is 60.1 Å². The van der Waals surface area contributed by atoms with Gasteiger partial charge in [0.15, 0.2) is 25.0 Å². The van der Waals surface area contributed by atoms with E-state index in [4.69, 9.17) is 37.9 Å². The fourth-order valence-corrected chi connectivity index (χ4v) is 16.5. The minimum atomic E-state index is -2.16. The number of fused-ring (bicyclic) bond motifs is 7. The van der Waals surface area contributed by atoms with E-state index in [2.05, 4.69) is 54.5 Å². The van der Waals surface area contributed by atoms with E-state index in [0.29, 0.717) is 44.9 Å². The molecule has 0 amide bonds. The molecule has 4 saturated carbocycles. The van der Waals surface area contributed by atoms with Crippen LogP contribution in [0, 0.1) is 50.2 Å². The minimum Gasteiger partial charge on any atom is -0.479 e. The second-order valence-electron chi connectivity index (χ2n) is 26.3. The summed E-state index contributed by atoms with van der Waals surface area (Å²) in [5.41, 5.74) is -1.57. The van der Waals surface area contributed by atoms with Gasteiger partial charge in [0, 0.05) is 0 Å². The number of carboxylic acid groups (broad SMARTS) is 1. The lowest BCUT2D eigenvalue weighted by atomic mass is 9.33. The highest BCUT2D eigenvalue weighted by Gasteiger charge is 2.70. The van der Waals surface area contributed by atoms with Crippen LogP contribution in [0.1, 0.15) is 113 Å². The Morgan fingerprint density at radius 2 is 1.06 bits per heavy atom. The van der Waals surface area contributed by atoms with Gasteiger partial charge in [0.1, 0.15) is 91.6 Å². The first kappa shape index (κ1) is 60.5. The van der Waals surface area contributed by atoms with E-state index < -0.39 is 172 Å². The van der Waals surface area contributed by atoms with Crippen molar-refractivity contribution in [2.45, 2.75) is 242 Å². The van der Waals surface area contributed by atoms with Crippen LogP contribution < -0.4 is 0 Å². The molecular weight excluding hydrogens is 1030 g/mol. The summed E-state index contributed by atoms with van der Waals surface area (Å²) < 4.78 is 48.2. The zero-order valence-corrected chi connectivity index (χ0v) is 45.5. The molecule has 0 spiro atoms. The molecule has 0 bridgehead atoms. The van der Waals surface area contributed by atoms with Crippen molar-refractivity contribution in [2.24, 2.45) is 50.2 Å². The van der Waals surface area contributed by atoms with Crippen molar-refractivity contribution in [2.75, 3.05) is 19.8 Å². The van der Waals surface area contributed by atoms with Crippen LogP contribution in [-0.2, 0) is 47.5 Å².